The summed E-state index contributed by atoms with van der Waals surface area (Å²) in [5, 5.41) is 21.6. The topological polar surface area (TPSA) is 75.4 Å². The summed E-state index contributed by atoms with van der Waals surface area (Å²) in [6.45, 7) is 0. The monoisotopic (exact) mass is 176 g/mol. The Kier molecular flexibility index (Phi) is 1.84. The second-order valence-electron chi connectivity index (χ2n) is 1.99. The average Bonchev–Trinajstić information content (AvgIpc) is 1.95. The molecule has 1 atom stereocenters. The van der Waals surface area contributed by atoms with E-state index in [4.69, 9.17) is 16.7 Å². The molecule has 0 aromatic heterocycles. The van der Waals surface area contributed by atoms with Gasteiger partial charge < -0.3 is 5.11 Å². The Balaban J connectivity index is 2.82. The first-order valence-electron chi connectivity index (χ1n) is 2.74. The molecule has 0 aliphatic carbocycles. The van der Waals surface area contributed by atoms with Gasteiger partial charge in [0.15, 0.2) is 0 Å². The fourth-order valence-electron chi connectivity index (χ4n) is 0.581. The van der Waals surface area contributed by atoms with Crippen LogP contribution < -0.4 is 5.32 Å². The molecule has 0 spiro atoms. The van der Waals surface area contributed by atoms with Crippen molar-refractivity contribution < 1.29 is 10.0 Å². The zero-order valence-electron chi connectivity index (χ0n) is 5.32. The van der Waals surface area contributed by atoms with Crippen LogP contribution in [-0.4, -0.2) is 15.9 Å². The standard InChI is InChI=1S/C5H5ClN2O3/c6-4-1-2-5(9,7-3-4)8(10)11/h1-3,7,9H. The van der Waals surface area contributed by atoms with E-state index in [0.717, 1.165) is 12.3 Å². The van der Waals surface area contributed by atoms with Gasteiger partial charge in [0.25, 0.3) is 0 Å². The summed E-state index contributed by atoms with van der Waals surface area (Å²) in [4.78, 5) is 9.29. The lowest BCUT2D eigenvalue weighted by Crippen LogP contribution is -2.48. The predicted molar refractivity (Wildman–Crippen MR) is 38.2 cm³/mol. The number of hydrogen-bond acceptors (Lipinski definition) is 4. The highest BCUT2D eigenvalue weighted by Gasteiger charge is 2.37. The Bertz CT molecular complexity index is 250. The van der Waals surface area contributed by atoms with Gasteiger partial charge in [-0.3, -0.25) is 15.4 Å². The zero-order chi connectivity index (χ0) is 8.48. The maximum absolute atomic E-state index is 10.2. The van der Waals surface area contributed by atoms with E-state index < -0.39 is 10.8 Å². The minimum absolute atomic E-state index is 0.302. The van der Waals surface area contributed by atoms with Crippen molar-refractivity contribution in [3.63, 3.8) is 0 Å². The molecule has 2 N–H and O–H groups in total. The molecule has 0 radical (unpaired) electrons. The molecule has 1 aliphatic heterocycles. The van der Waals surface area contributed by atoms with Crippen LogP contribution in [-0.2, 0) is 0 Å². The van der Waals surface area contributed by atoms with Crippen LogP contribution in [0.4, 0.5) is 0 Å². The van der Waals surface area contributed by atoms with E-state index in [-0.39, 0.29) is 0 Å². The minimum atomic E-state index is -2.21. The molecule has 1 heterocycles. The summed E-state index contributed by atoms with van der Waals surface area (Å²) in [6.07, 6.45) is 3.38. The van der Waals surface area contributed by atoms with Crippen LogP contribution in [0.3, 0.4) is 0 Å². The molecule has 11 heavy (non-hydrogen) atoms. The molecule has 0 aromatic rings. The Morgan fingerprint density at radius 3 is 2.82 bits per heavy atom. The molecular formula is C5H5ClN2O3. The average molecular weight is 177 g/mol. The lowest BCUT2D eigenvalue weighted by molar-refractivity contribution is -0.614. The third-order valence-corrected chi connectivity index (χ3v) is 1.41. The summed E-state index contributed by atoms with van der Waals surface area (Å²) in [5.41, 5.74) is 0. The lowest BCUT2D eigenvalue weighted by atomic mass is 10.3. The third kappa shape index (κ3) is 1.50. The van der Waals surface area contributed by atoms with Gasteiger partial charge in [-0.05, 0) is 6.08 Å². The van der Waals surface area contributed by atoms with Crippen LogP contribution in [0.15, 0.2) is 23.4 Å². The Labute approximate surface area is 67.1 Å². The molecule has 1 unspecified atom stereocenters. The summed E-state index contributed by atoms with van der Waals surface area (Å²) in [5.74, 6) is -2.21. The number of allylic oxidation sites excluding steroid dienone is 2. The van der Waals surface area contributed by atoms with Crippen molar-refractivity contribution >= 4 is 11.6 Å². The number of halogens is 1. The molecule has 1 aliphatic rings. The van der Waals surface area contributed by atoms with Gasteiger partial charge in [0.05, 0.1) is 9.96 Å². The van der Waals surface area contributed by atoms with E-state index >= 15 is 0 Å². The molecule has 5 nitrogen and oxygen atoms in total. The fraction of sp³-hybridized carbons (Fsp3) is 0.200. The number of aliphatic hydroxyl groups is 1. The van der Waals surface area contributed by atoms with Gasteiger partial charge in [-0.15, -0.1) is 0 Å². The van der Waals surface area contributed by atoms with Crippen molar-refractivity contribution in [1.82, 2.24) is 5.32 Å². The highest BCUT2D eigenvalue weighted by atomic mass is 35.5. The van der Waals surface area contributed by atoms with Crippen LogP contribution >= 0.6 is 11.6 Å². The molecular weight excluding hydrogens is 172 g/mol. The van der Waals surface area contributed by atoms with Crippen molar-refractivity contribution in [2.75, 3.05) is 0 Å². The summed E-state index contributed by atoms with van der Waals surface area (Å²) >= 11 is 5.43. The third-order valence-electron chi connectivity index (χ3n) is 1.18. The molecule has 60 valence electrons. The second-order valence-corrected chi connectivity index (χ2v) is 2.43. The number of rotatable bonds is 1. The second kappa shape index (κ2) is 2.52. The Hall–Kier alpha value is -1.07. The van der Waals surface area contributed by atoms with Crippen LogP contribution in [0.5, 0.6) is 0 Å². The van der Waals surface area contributed by atoms with Gasteiger partial charge in [0.1, 0.15) is 0 Å². The fourth-order valence-corrected chi connectivity index (χ4v) is 0.698. The van der Waals surface area contributed by atoms with Gasteiger partial charge in [-0.25, -0.2) is 0 Å². The zero-order valence-corrected chi connectivity index (χ0v) is 6.08. The SMILES string of the molecule is O=[N+]([O-])C1(O)C=CC(Cl)=CN1. The van der Waals surface area contributed by atoms with Crippen LogP contribution in [0.1, 0.15) is 0 Å². The largest absolute Gasteiger partial charge is 0.425 e. The number of nitrogens with zero attached hydrogens (tertiary/aromatic N) is 1. The van der Waals surface area contributed by atoms with E-state index in [1.807, 2.05) is 0 Å². The summed E-state index contributed by atoms with van der Waals surface area (Å²) in [6, 6.07) is 0. The Morgan fingerprint density at radius 2 is 2.45 bits per heavy atom. The summed E-state index contributed by atoms with van der Waals surface area (Å²) in [7, 11) is 0. The molecule has 0 aromatic carbocycles. The first-order chi connectivity index (χ1) is 5.04. The van der Waals surface area contributed by atoms with E-state index in [2.05, 4.69) is 5.32 Å². The first kappa shape index (κ1) is 8.03. The highest BCUT2D eigenvalue weighted by Crippen LogP contribution is 2.13. The lowest BCUT2D eigenvalue weighted by Gasteiger charge is -2.17. The van der Waals surface area contributed by atoms with Crippen LogP contribution in [0.2, 0.25) is 0 Å². The quantitative estimate of drug-likeness (QED) is 0.339. The molecule has 6 heteroatoms. The van der Waals surface area contributed by atoms with Crippen molar-refractivity contribution in [2.24, 2.45) is 0 Å². The molecule has 0 fully saturated rings. The van der Waals surface area contributed by atoms with E-state index in [0.29, 0.717) is 5.03 Å². The molecule has 0 bridgehead atoms. The number of hydrogen-bond donors (Lipinski definition) is 2. The maximum Gasteiger partial charge on any atom is 0.425 e. The highest BCUT2D eigenvalue weighted by molar-refractivity contribution is 6.31. The van der Waals surface area contributed by atoms with Gasteiger partial charge in [0.2, 0.25) is 0 Å². The van der Waals surface area contributed by atoms with E-state index in [9.17, 15) is 10.1 Å². The number of nitro groups is 1. The normalized spacial score (nSPS) is 29.1. The maximum atomic E-state index is 10.2. The molecule has 0 amide bonds. The van der Waals surface area contributed by atoms with Crippen molar-refractivity contribution in [3.05, 3.63) is 33.5 Å². The van der Waals surface area contributed by atoms with Gasteiger partial charge in [-0.1, -0.05) is 11.6 Å². The number of nitrogens with one attached hydrogen (secondary N) is 1. The van der Waals surface area contributed by atoms with E-state index in [1.165, 1.54) is 6.08 Å². The number of dihydropyridines is 1. The first-order valence-corrected chi connectivity index (χ1v) is 3.12. The molecule has 0 saturated carbocycles. The van der Waals surface area contributed by atoms with Crippen molar-refractivity contribution in [1.29, 1.82) is 0 Å². The van der Waals surface area contributed by atoms with Crippen LogP contribution in [0, 0.1) is 10.1 Å². The van der Waals surface area contributed by atoms with Crippen molar-refractivity contribution in [3.8, 4) is 0 Å². The minimum Gasteiger partial charge on any atom is -0.309 e. The molecule has 1 rings (SSSR count). The van der Waals surface area contributed by atoms with Crippen LogP contribution in [0.25, 0.3) is 0 Å². The summed E-state index contributed by atoms with van der Waals surface area (Å²) < 4.78 is 0. The Morgan fingerprint density at radius 1 is 1.82 bits per heavy atom. The smallest absolute Gasteiger partial charge is 0.309 e. The van der Waals surface area contributed by atoms with E-state index in [1.54, 1.807) is 0 Å². The van der Waals surface area contributed by atoms with Gasteiger partial charge in [0, 0.05) is 12.3 Å². The van der Waals surface area contributed by atoms with Gasteiger partial charge in [-0.2, -0.15) is 0 Å². The van der Waals surface area contributed by atoms with Crippen molar-refractivity contribution in [2.45, 2.75) is 5.85 Å². The molecule has 0 saturated heterocycles. The predicted octanol–water partition coefficient (Wildman–Crippen LogP) is 0.149. The van der Waals surface area contributed by atoms with Gasteiger partial charge >= 0.3 is 5.85 Å².